The molecule has 0 fully saturated rings. The molecule has 0 bridgehead atoms. The fourth-order valence-electron chi connectivity index (χ4n) is 3.80. The first-order chi connectivity index (χ1) is 18.9. The summed E-state index contributed by atoms with van der Waals surface area (Å²) < 4.78 is 35.7. The molecule has 2 atom stereocenters. The lowest BCUT2D eigenvalue weighted by molar-refractivity contribution is -0.166. The molecule has 0 aliphatic heterocycles. The van der Waals surface area contributed by atoms with Gasteiger partial charge >= 0.3 is 19.5 Å². The van der Waals surface area contributed by atoms with Gasteiger partial charge in [-0.25, -0.2) is 9.18 Å². The van der Waals surface area contributed by atoms with Crippen molar-refractivity contribution in [1.29, 1.82) is 0 Å². The molecule has 3 aromatic carbocycles. The molecule has 40 heavy (non-hydrogen) atoms. The SMILES string of the molecule is CC(OC(=O)C[C@@H](Cc1ccc(-c2cc(Cl)ccc2F)cc1)NC(=O)CCP(=O)(O)O)OC(=O)c1ccccc1. The van der Waals surface area contributed by atoms with Gasteiger partial charge in [-0.1, -0.05) is 54.1 Å². The van der Waals surface area contributed by atoms with Crippen molar-refractivity contribution in [3.63, 3.8) is 0 Å². The summed E-state index contributed by atoms with van der Waals surface area (Å²) in [5.74, 6) is -2.56. The molecule has 0 heterocycles. The van der Waals surface area contributed by atoms with Crippen LogP contribution in [0.1, 0.15) is 35.7 Å². The number of halogens is 2. The Bertz CT molecular complexity index is 1380. The number of nitrogens with one attached hydrogen (secondary N) is 1. The van der Waals surface area contributed by atoms with Gasteiger partial charge in [-0.05, 0) is 47.9 Å². The van der Waals surface area contributed by atoms with Gasteiger partial charge in [0.25, 0.3) is 0 Å². The first-order valence-electron chi connectivity index (χ1n) is 12.2. The number of ether oxygens (including phenoxy) is 2. The van der Waals surface area contributed by atoms with Gasteiger partial charge in [-0.3, -0.25) is 14.2 Å². The Morgan fingerprint density at radius 1 is 1.00 bits per heavy atom. The van der Waals surface area contributed by atoms with Gasteiger partial charge in [-0.15, -0.1) is 0 Å². The second kappa shape index (κ2) is 14.2. The predicted octanol–water partition coefficient (Wildman–Crippen LogP) is 4.88. The molecule has 9 nitrogen and oxygen atoms in total. The van der Waals surface area contributed by atoms with E-state index in [9.17, 15) is 23.3 Å². The molecule has 0 spiro atoms. The van der Waals surface area contributed by atoms with Crippen molar-refractivity contribution in [2.75, 3.05) is 6.16 Å². The van der Waals surface area contributed by atoms with Gasteiger partial charge < -0.3 is 24.6 Å². The van der Waals surface area contributed by atoms with Crippen LogP contribution in [0.15, 0.2) is 72.8 Å². The van der Waals surface area contributed by atoms with E-state index in [2.05, 4.69) is 5.32 Å². The zero-order chi connectivity index (χ0) is 29.3. The Balaban J connectivity index is 1.67. The van der Waals surface area contributed by atoms with Crippen LogP contribution >= 0.6 is 19.2 Å². The van der Waals surface area contributed by atoms with E-state index in [4.69, 9.17) is 30.9 Å². The van der Waals surface area contributed by atoms with Crippen molar-refractivity contribution >= 4 is 37.0 Å². The van der Waals surface area contributed by atoms with E-state index in [1.165, 1.54) is 25.1 Å². The summed E-state index contributed by atoms with van der Waals surface area (Å²) in [6, 6.07) is 18.3. The normalized spacial score (nSPS) is 12.7. The fourth-order valence-corrected chi connectivity index (χ4v) is 4.46. The highest BCUT2D eigenvalue weighted by molar-refractivity contribution is 7.51. The van der Waals surface area contributed by atoms with Crippen LogP contribution in [-0.4, -0.2) is 46.1 Å². The molecule has 3 rings (SSSR count). The summed E-state index contributed by atoms with van der Waals surface area (Å²) in [6.45, 7) is 1.38. The zero-order valence-electron chi connectivity index (χ0n) is 21.5. The number of hydrogen-bond donors (Lipinski definition) is 3. The highest BCUT2D eigenvalue weighted by Gasteiger charge is 2.23. The summed E-state index contributed by atoms with van der Waals surface area (Å²) >= 11 is 5.99. The van der Waals surface area contributed by atoms with Crippen molar-refractivity contribution in [2.45, 2.75) is 38.5 Å². The molecular weight excluding hydrogens is 564 g/mol. The smallest absolute Gasteiger partial charge is 0.341 e. The molecule has 3 aromatic rings. The van der Waals surface area contributed by atoms with E-state index in [1.54, 1.807) is 54.6 Å². The molecule has 212 valence electrons. The Kier molecular flexibility index (Phi) is 11.0. The van der Waals surface area contributed by atoms with Crippen LogP contribution < -0.4 is 5.32 Å². The minimum atomic E-state index is -4.40. The minimum absolute atomic E-state index is 0.146. The maximum atomic E-state index is 14.2. The van der Waals surface area contributed by atoms with Gasteiger partial charge in [0.1, 0.15) is 5.82 Å². The molecule has 0 saturated heterocycles. The van der Waals surface area contributed by atoms with Gasteiger partial charge in [0.05, 0.1) is 18.1 Å². The van der Waals surface area contributed by atoms with Crippen LogP contribution in [0.5, 0.6) is 0 Å². The van der Waals surface area contributed by atoms with Crippen LogP contribution in [0.4, 0.5) is 4.39 Å². The van der Waals surface area contributed by atoms with E-state index < -0.39 is 56.2 Å². The van der Waals surface area contributed by atoms with Gasteiger partial charge in [0.2, 0.25) is 12.2 Å². The summed E-state index contributed by atoms with van der Waals surface area (Å²) in [5.41, 5.74) is 1.84. The zero-order valence-corrected chi connectivity index (χ0v) is 23.1. The number of amides is 1. The molecule has 1 unspecified atom stereocenters. The van der Waals surface area contributed by atoms with Crippen molar-refractivity contribution in [3.05, 3.63) is 94.8 Å². The summed E-state index contributed by atoms with van der Waals surface area (Å²) in [6.07, 6.45) is -2.48. The number of esters is 2. The Morgan fingerprint density at radius 3 is 2.33 bits per heavy atom. The topological polar surface area (TPSA) is 139 Å². The van der Waals surface area contributed by atoms with Gasteiger partial charge in [-0.2, -0.15) is 0 Å². The standard InChI is InChI=1S/C28H28ClFNO8P/c1-18(39-28(34)21-5-3-2-4-6-21)38-27(33)17-23(31-26(32)13-14-40(35,36)37)15-19-7-9-20(10-8-19)24-16-22(29)11-12-25(24)30/h2-12,16,18,23H,13-15,17H2,1H3,(H,31,32)(H2,35,36,37)/t18?,23-/m1/s1. The fraction of sp³-hybridized carbons (Fsp3) is 0.250. The average molecular weight is 592 g/mol. The highest BCUT2D eigenvalue weighted by Crippen LogP contribution is 2.34. The molecule has 0 aromatic heterocycles. The van der Waals surface area contributed by atoms with Crippen LogP contribution in [-0.2, 0) is 30.0 Å². The summed E-state index contributed by atoms with van der Waals surface area (Å²) in [7, 11) is -4.40. The number of hydrogen-bond acceptors (Lipinski definition) is 6. The first kappa shape index (κ1) is 31.0. The highest BCUT2D eigenvalue weighted by atomic mass is 35.5. The van der Waals surface area contributed by atoms with Crippen LogP contribution in [0.25, 0.3) is 11.1 Å². The van der Waals surface area contributed by atoms with E-state index >= 15 is 0 Å². The van der Waals surface area contributed by atoms with Crippen molar-refractivity contribution in [3.8, 4) is 11.1 Å². The van der Waals surface area contributed by atoms with Crippen LogP contribution in [0.3, 0.4) is 0 Å². The Morgan fingerprint density at radius 2 is 1.68 bits per heavy atom. The van der Waals surface area contributed by atoms with Crippen molar-refractivity contribution < 1.29 is 42.6 Å². The molecule has 0 saturated carbocycles. The lowest BCUT2D eigenvalue weighted by atomic mass is 9.99. The van der Waals surface area contributed by atoms with Gasteiger partial charge in [0.15, 0.2) is 0 Å². The van der Waals surface area contributed by atoms with E-state index in [0.29, 0.717) is 21.7 Å². The predicted molar refractivity (Wildman–Crippen MR) is 146 cm³/mol. The quantitative estimate of drug-likeness (QED) is 0.154. The maximum Gasteiger partial charge on any atom is 0.341 e. The molecule has 12 heteroatoms. The molecular formula is C28H28ClFNO8P. The molecule has 1 amide bonds. The third-order valence-corrected chi connectivity index (χ3v) is 6.70. The van der Waals surface area contributed by atoms with Crippen LogP contribution in [0.2, 0.25) is 5.02 Å². The molecule has 3 N–H and O–H groups in total. The Hall–Kier alpha value is -3.56. The maximum absolute atomic E-state index is 14.2. The molecule has 0 aliphatic carbocycles. The number of carbonyl (C=O) groups is 3. The van der Waals surface area contributed by atoms with E-state index in [-0.39, 0.29) is 18.4 Å². The van der Waals surface area contributed by atoms with Crippen LogP contribution in [0, 0.1) is 5.82 Å². The second-order valence-electron chi connectivity index (χ2n) is 8.96. The van der Waals surface area contributed by atoms with Crippen molar-refractivity contribution in [1.82, 2.24) is 5.32 Å². The second-order valence-corrected chi connectivity index (χ2v) is 11.2. The summed E-state index contributed by atoms with van der Waals surface area (Å²) in [5, 5.41) is 2.98. The Labute approximate surface area is 235 Å². The largest absolute Gasteiger partial charge is 0.425 e. The minimum Gasteiger partial charge on any atom is -0.425 e. The van der Waals surface area contributed by atoms with E-state index in [0.717, 1.165) is 0 Å². The third kappa shape index (κ3) is 10.2. The number of rotatable bonds is 12. The average Bonchev–Trinajstić information content (AvgIpc) is 2.89. The molecule has 0 radical (unpaired) electrons. The number of carbonyl (C=O) groups excluding carboxylic acids is 3. The lowest BCUT2D eigenvalue weighted by Crippen LogP contribution is -2.39. The van der Waals surface area contributed by atoms with Gasteiger partial charge in [0, 0.05) is 30.0 Å². The third-order valence-electron chi connectivity index (χ3n) is 5.66. The molecule has 0 aliphatic rings. The number of benzene rings is 3. The first-order valence-corrected chi connectivity index (χ1v) is 14.4. The van der Waals surface area contributed by atoms with Crippen molar-refractivity contribution in [2.24, 2.45) is 0 Å². The van der Waals surface area contributed by atoms with E-state index in [1.807, 2.05) is 0 Å². The monoisotopic (exact) mass is 591 g/mol. The lowest BCUT2D eigenvalue weighted by Gasteiger charge is -2.20. The summed E-state index contributed by atoms with van der Waals surface area (Å²) in [4.78, 5) is 55.4.